The van der Waals surface area contributed by atoms with Gasteiger partial charge in [0.05, 0.1) is 13.2 Å². The second-order valence-corrected chi connectivity index (χ2v) is 7.00. The summed E-state index contributed by atoms with van der Waals surface area (Å²) in [6.07, 6.45) is 0. The third-order valence-electron chi connectivity index (χ3n) is 4.94. The Kier molecular flexibility index (Phi) is 6.06. The zero-order valence-electron chi connectivity index (χ0n) is 16.5. The van der Waals surface area contributed by atoms with Crippen LogP contribution >= 0.6 is 0 Å². The van der Waals surface area contributed by atoms with E-state index in [1.54, 1.807) is 36.4 Å². The van der Waals surface area contributed by atoms with Gasteiger partial charge >= 0.3 is 0 Å². The van der Waals surface area contributed by atoms with E-state index in [2.05, 4.69) is 15.5 Å². The van der Waals surface area contributed by atoms with Crippen LogP contribution in [0.4, 0.5) is 17.1 Å². The maximum Gasteiger partial charge on any atom is 0.255 e. The number of hydrogen-bond acceptors (Lipinski definition) is 4. The first-order valence-electron chi connectivity index (χ1n) is 9.90. The topological polar surface area (TPSA) is 70.7 Å². The van der Waals surface area contributed by atoms with Crippen LogP contribution < -0.4 is 15.5 Å². The van der Waals surface area contributed by atoms with Crippen LogP contribution in [0.3, 0.4) is 0 Å². The molecule has 4 rings (SSSR count). The lowest BCUT2D eigenvalue weighted by molar-refractivity contribution is 0.102. The molecule has 0 atom stereocenters. The second kappa shape index (κ2) is 9.24. The van der Waals surface area contributed by atoms with Crippen molar-refractivity contribution in [1.82, 2.24) is 0 Å². The third kappa shape index (κ3) is 4.85. The molecule has 3 aromatic rings. The van der Waals surface area contributed by atoms with Gasteiger partial charge in [-0.15, -0.1) is 0 Å². The minimum absolute atomic E-state index is 0.187. The number of nitrogens with one attached hydrogen (secondary N) is 2. The van der Waals surface area contributed by atoms with Crippen LogP contribution in [-0.2, 0) is 4.74 Å². The summed E-state index contributed by atoms with van der Waals surface area (Å²) in [7, 11) is 0. The lowest BCUT2D eigenvalue weighted by Crippen LogP contribution is -2.36. The number of ether oxygens (including phenoxy) is 1. The zero-order chi connectivity index (χ0) is 20.8. The Balaban J connectivity index is 1.35. The summed E-state index contributed by atoms with van der Waals surface area (Å²) in [5.74, 6) is -0.386. The second-order valence-electron chi connectivity index (χ2n) is 7.00. The molecule has 0 aromatic heterocycles. The van der Waals surface area contributed by atoms with E-state index in [-0.39, 0.29) is 11.8 Å². The number of amides is 2. The summed E-state index contributed by atoms with van der Waals surface area (Å²) in [5.41, 5.74) is 3.59. The number of nitrogens with zero attached hydrogens (tertiary/aromatic N) is 1. The van der Waals surface area contributed by atoms with Crippen molar-refractivity contribution in [3.63, 3.8) is 0 Å². The average molecular weight is 401 g/mol. The molecule has 0 bridgehead atoms. The van der Waals surface area contributed by atoms with Crippen molar-refractivity contribution in [2.75, 3.05) is 41.8 Å². The first-order valence-corrected chi connectivity index (χ1v) is 9.90. The fraction of sp³-hybridized carbons (Fsp3) is 0.167. The van der Waals surface area contributed by atoms with Crippen LogP contribution in [0.2, 0.25) is 0 Å². The van der Waals surface area contributed by atoms with Gasteiger partial charge in [-0.3, -0.25) is 9.59 Å². The van der Waals surface area contributed by atoms with E-state index in [1.165, 1.54) is 0 Å². The van der Waals surface area contributed by atoms with Crippen LogP contribution in [0.25, 0.3) is 0 Å². The summed E-state index contributed by atoms with van der Waals surface area (Å²) in [4.78, 5) is 27.0. The van der Waals surface area contributed by atoms with Gasteiger partial charge in [0.15, 0.2) is 0 Å². The van der Waals surface area contributed by atoms with Crippen molar-refractivity contribution in [3.8, 4) is 0 Å². The Bertz CT molecular complexity index is 996. The molecule has 1 fully saturated rings. The number of rotatable bonds is 5. The summed E-state index contributed by atoms with van der Waals surface area (Å²) < 4.78 is 5.38. The molecule has 0 aliphatic carbocycles. The molecule has 1 heterocycles. The van der Waals surface area contributed by atoms with Crippen LogP contribution in [0, 0.1) is 0 Å². The van der Waals surface area contributed by atoms with Gasteiger partial charge in [-0.05, 0) is 60.7 Å². The van der Waals surface area contributed by atoms with Crippen LogP contribution in [0.1, 0.15) is 20.7 Å². The van der Waals surface area contributed by atoms with E-state index in [4.69, 9.17) is 4.74 Å². The van der Waals surface area contributed by atoms with Crippen molar-refractivity contribution in [3.05, 3.63) is 90.0 Å². The minimum atomic E-state index is -0.199. The van der Waals surface area contributed by atoms with E-state index in [1.807, 2.05) is 42.5 Å². The Morgan fingerprint density at radius 3 is 1.73 bits per heavy atom. The average Bonchev–Trinajstić information content (AvgIpc) is 2.81. The Hall–Kier alpha value is -3.64. The number of benzene rings is 3. The van der Waals surface area contributed by atoms with Crippen molar-refractivity contribution in [1.29, 1.82) is 0 Å². The highest BCUT2D eigenvalue weighted by Crippen LogP contribution is 2.20. The molecule has 0 saturated carbocycles. The van der Waals surface area contributed by atoms with Gasteiger partial charge in [-0.2, -0.15) is 0 Å². The fourth-order valence-corrected chi connectivity index (χ4v) is 3.28. The molecule has 30 heavy (non-hydrogen) atoms. The molecule has 6 nitrogen and oxygen atoms in total. The lowest BCUT2D eigenvalue weighted by Gasteiger charge is -2.28. The number of anilines is 3. The molecule has 0 spiro atoms. The molecule has 1 aliphatic rings. The molecule has 152 valence electrons. The number of carbonyl (C=O) groups excluding carboxylic acids is 2. The summed E-state index contributed by atoms with van der Waals surface area (Å²) in [6, 6.07) is 23.6. The first kappa shape index (κ1) is 19.7. The minimum Gasteiger partial charge on any atom is -0.378 e. The van der Waals surface area contributed by atoms with Crippen LogP contribution in [-0.4, -0.2) is 38.1 Å². The molecule has 0 unspecified atom stereocenters. The SMILES string of the molecule is O=C(Nc1ccc(C(=O)Nc2ccc(N3CCOCC3)cc2)cc1)c1ccccc1. The Labute approximate surface area is 175 Å². The van der Waals surface area contributed by atoms with Gasteiger partial charge < -0.3 is 20.3 Å². The van der Waals surface area contributed by atoms with Crippen molar-refractivity contribution < 1.29 is 14.3 Å². The van der Waals surface area contributed by atoms with E-state index in [0.29, 0.717) is 16.8 Å². The van der Waals surface area contributed by atoms with Crippen LogP contribution in [0.15, 0.2) is 78.9 Å². The largest absolute Gasteiger partial charge is 0.378 e. The lowest BCUT2D eigenvalue weighted by atomic mass is 10.1. The standard InChI is InChI=1S/C24H23N3O3/c28-23(18-4-2-1-3-5-18)25-20-8-6-19(7-9-20)24(29)26-21-10-12-22(13-11-21)27-14-16-30-17-15-27/h1-13H,14-17H2,(H,25,28)(H,26,29). The predicted octanol–water partition coefficient (Wildman–Crippen LogP) is 4.03. The van der Waals surface area contributed by atoms with E-state index < -0.39 is 0 Å². The highest BCUT2D eigenvalue weighted by atomic mass is 16.5. The van der Waals surface area contributed by atoms with Gasteiger partial charge in [0.2, 0.25) is 0 Å². The Morgan fingerprint density at radius 1 is 0.667 bits per heavy atom. The zero-order valence-corrected chi connectivity index (χ0v) is 16.5. The fourth-order valence-electron chi connectivity index (χ4n) is 3.28. The van der Waals surface area contributed by atoms with Crippen molar-refractivity contribution >= 4 is 28.9 Å². The van der Waals surface area contributed by atoms with E-state index in [9.17, 15) is 9.59 Å². The van der Waals surface area contributed by atoms with Gasteiger partial charge in [0.25, 0.3) is 11.8 Å². The third-order valence-corrected chi connectivity index (χ3v) is 4.94. The molecule has 2 amide bonds. The van der Waals surface area contributed by atoms with Gasteiger partial charge in [-0.1, -0.05) is 18.2 Å². The van der Waals surface area contributed by atoms with E-state index in [0.717, 1.165) is 37.7 Å². The molecular weight excluding hydrogens is 378 g/mol. The van der Waals surface area contributed by atoms with Crippen molar-refractivity contribution in [2.24, 2.45) is 0 Å². The summed E-state index contributed by atoms with van der Waals surface area (Å²) >= 11 is 0. The molecule has 1 saturated heterocycles. The maximum absolute atomic E-state index is 12.5. The van der Waals surface area contributed by atoms with Gasteiger partial charge in [0, 0.05) is 41.3 Å². The molecule has 3 aromatic carbocycles. The van der Waals surface area contributed by atoms with E-state index >= 15 is 0 Å². The highest BCUT2D eigenvalue weighted by molar-refractivity contribution is 6.06. The van der Waals surface area contributed by atoms with Crippen molar-refractivity contribution in [2.45, 2.75) is 0 Å². The summed E-state index contributed by atoms with van der Waals surface area (Å²) in [6.45, 7) is 3.22. The molecule has 0 radical (unpaired) electrons. The number of hydrogen-bond donors (Lipinski definition) is 2. The number of morpholine rings is 1. The normalized spacial score (nSPS) is 13.5. The first-order chi connectivity index (χ1) is 14.7. The monoisotopic (exact) mass is 401 g/mol. The molecule has 1 aliphatic heterocycles. The molecule has 6 heteroatoms. The van der Waals surface area contributed by atoms with Gasteiger partial charge in [-0.25, -0.2) is 0 Å². The smallest absolute Gasteiger partial charge is 0.255 e. The molecule has 2 N–H and O–H groups in total. The highest BCUT2D eigenvalue weighted by Gasteiger charge is 2.12. The number of carbonyl (C=O) groups is 2. The quantitative estimate of drug-likeness (QED) is 0.677. The molecular formula is C24H23N3O3. The maximum atomic E-state index is 12.5. The van der Waals surface area contributed by atoms with Crippen LogP contribution in [0.5, 0.6) is 0 Å². The Morgan fingerprint density at radius 2 is 1.17 bits per heavy atom. The summed E-state index contributed by atoms with van der Waals surface area (Å²) in [5, 5.41) is 5.73. The predicted molar refractivity (Wildman–Crippen MR) is 118 cm³/mol. The van der Waals surface area contributed by atoms with Gasteiger partial charge in [0.1, 0.15) is 0 Å².